The van der Waals surface area contributed by atoms with Crippen molar-refractivity contribution in [3.05, 3.63) is 28.8 Å². The van der Waals surface area contributed by atoms with Crippen molar-refractivity contribution in [2.45, 2.75) is 91.3 Å². The van der Waals surface area contributed by atoms with Crippen LogP contribution in [0.3, 0.4) is 0 Å². The van der Waals surface area contributed by atoms with Crippen molar-refractivity contribution < 1.29 is 10.3 Å². The van der Waals surface area contributed by atoms with Crippen LogP contribution in [0.4, 0.5) is 0 Å². The molecule has 1 aromatic carbocycles. The molecule has 1 aromatic rings. The summed E-state index contributed by atoms with van der Waals surface area (Å²) in [6.07, 6.45) is 0.365. The topological polar surface area (TPSA) is 56.1 Å². The van der Waals surface area contributed by atoms with Crippen LogP contribution in [0.25, 0.3) is 0 Å². The van der Waals surface area contributed by atoms with Gasteiger partial charge in [0.2, 0.25) is 0 Å². The van der Waals surface area contributed by atoms with Crippen molar-refractivity contribution in [1.29, 1.82) is 0 Å². The summed E-state index contributed by atoms with van der Waals surface area (Å²) in [7, 11) is 0. The van der Waals surface area contributed by atoms with Crippen molar-refractivity contribution in [3.8, 4) is 5.75 Å². The van der Waals surface area contributed by atoms with Crippen LogP contribution in [0.2, 0.25) is 0 Å². The van der Waals surface area contributed by atoms with Crippen molar-refractivity contribution in [1.82, 2.24) is 5.06 Å². The molecule has 0 saturated heterocycles. The first-order chi connectivity index (χ1) is 11.2. The molecule has 4 nitrogen and oxygen atoms in total. The number of phenolic OH excluding ortho intramolecular Hbond substituents is 1. The van der Waals surface area contributed by atoms with E-state index in [-0.39, 0.29) is 10.8 Å². The monoisotopic (exact) mass is 346 g/mol. The first-order valence-corrected chi connectivity index (χ1v) is 9.14. The molecule has 1 aliphatic heterocycles. The SMILES string of the molecule is CCC1=NC(c2cc(C(C)(C)C)c(O)c(C(C)(C)C)c2)N(O)C1(C)C. The molecule has 0 fully saturated rings. The van der Waals surface area contributed by atoms with Crippen molar-refractivity contribution in [2.24, 2.45) is 4.99 Å². The Kier molecular flexibility index (Phi) is 4.86. The van der Waals surface area contributed by atoms with E-state index in [4.69, 9.17) is 4.99 Å². The smallest absolute Gasteiger partial charge is 0.151 e. The van der Waals surface area contributed by atoms with Gasteiger partial charge in [0.25, 0.3) is 0 Å². The maximum atomic E-state index is 10.9. The van der Waals surface area contributed by atoms with Crippen molar-refractivity contribution >= 4 is 5.71 Å². The zero-order valence-electron chi connectivity index (χ0n) is 17.2. The van der Waals surface area contributed by atoms with E-state index in [1.807, 2.05) is 26.0 Å². The minimum atomic E-state index is -0.485. The molecule has 1 aliphatic rings. The third-order valence-electron chi connectivity index (χ3n) is 5.17. The molecule has 0 radical (unpaired) electrons. The van der Waals surface area contributed by atoms with Gasteiger partial charge in [-0.3, -0.25) is 4.99 Å². The summed E-state index contributed by atoms with van der Waals surface area (Å²) in [5, 5.41) is 23.0. The second-order valence-corrected chi connectivity index (χ2v) is 9.67. The lowest BCUT2D eigenvalue weighted by Gasteiger charge is -2.32. The average molecular weight is 347 g/mol. The number of hydrogen-bond acceptors (Lipinski definition) is 4. The molecule has 0 aliphatic carbocycles. The van der Waals surface area contributed by atoms with E-state index in [9.17, 15) is 10.3 Å². The molecule has 0 aromatic heterocycles. The largest absolute Gasteiger partial charge is 0.507 e. The molecular formula is C21H34N2O2. The second kappa shape index (κ2) is 6.10. The van der Waals surface area contributed by atoms with E-state index in [1.54, 1.807) is 0 Å². The predicted octanol–water partition coefficient (Wildman–Crippen LogP) is 5.32. The molecular weight excluding hydrogens is 312 g/mol. The molecule has 0 saturated carbocycles. The quantitative estimate of drug-likeness (QED) is 0.762. The lowest BCUT2D eigenvalue weighted by atomic mass is 9.78. The average Bonchev–Trinajstić information content (AvgIpc) is 2.67. The standard InChI is InChI=1S/C21H34N2O2/c1-10-16-21(8,9)23(25)18(22-16)13-11-14(19(2,3)4)17(24)15(12-13)20(5,6)7/h11-12,18,24-25H,10H2,1-9H3. The third-order valence-corrected chi connectivity index (χ3v) is 5.17. The molecule has 1 atom stereocenters. The van der Waals surface area contributed by atoms with Crippen LogP contribution in [-0.2, 0) is 10.8 Å². The molecule has 0 spiro atoms. The van der Waals surface area contributed by atoms with E-state index >= 15 is 0 Å². The molecule has 1 unspecified atom stereocenters. The van der Waals surface area contributed by atoms with Gasteiger partial charge in [-0.05, 0) is 59.9 Å². The number of hydroxylamine groups is 2. The van der Waals surface area contributed by atoms with Crippen LogP contribution in [0.5, 0.6) is 5.75 Å². The van der Waals surface area contributed by atoms with Gasteiger partial charge in [-0.25, -0.2) is 0 Å². The van der Waals surface area contributed by atoms with Gasteiger partial charge in [0, 0.05) is 5.71 Å². The fourth-order valence-electron chi connectivity index (χ4n) is 3.49. The highest BCUT2D eigenvalue weighted by Crippen LogP contribution is 2.44. The second-order valence-electron chi connectivity index (χ2n) is 9.67. The van der Waals surface area contributed by atoms with Crippen LogP contribution in [0.1, 0.15) is 91.6 Å². The number of phenols is 1. The maximum Gasteiger partial charge on any atom is 0.151 e. The van der Waals surface area contributed by atoms with E-state index in [2.05, 4.69) is 48.5 Å². The molecule has 25 heavy (non-hydrogen) atoms. The van der Waals surface area contributed by atoms with Crippen molar-refractivity contribution in [3.63, 3.8) is 0 Å². The highest BCUT2D eigenvalue weighted by atomic mass is 16.5. The highest BCUT2D eigenvalue weighted by molar-refractivity contribution is 5.94. The Hall–Kier alpha value is -1.39. The minimum Gasteiger partial charge on any atom is -0.507 e. The Morgan fingerprint density at radius 2 is 1.48 bits per heavy atom. The number of benzene rings is 1. The summed E-state index contributed by atoms with van der Waals surface area (Å²) in [4.78, 5) is 4.80. The Morgan fingerprint density at radius 3 is 1.80 bits per heavy atom. The molecule has 1 heterocycles. The molecule has 2 N–H and O–H groups in total. The summed E-state index contributed by atoms with van der Waals surface area (Å²) >= 11 is 0. The summed E-state index contributed by atoms with van der Waals surface area (Å²) in [6.45, 7) is 18.6. The van der Waals surface area contributed by atoms with Gasteiger partial charge in [-0.1, -0.05) is 48.5 Å². The first-order valence-electron chi connectivity index (χ1n) is 9.14. The Morgan fingerprint density at radius 1 is 1.04 bits per heavy atom. The lowest BCUT2D eigenvalue weighted by Crippen LogP contribution is -2.43. The van der Waals surface area contributed by atoms with Crippen LogP contribution >= 0.6 is 0 Å². The normalized spacial score (nSPS) is 21.5. The summed E-state index contributed by atoms with van der Waals surface area (Å²) in [6, 6.07) is 3.99. The van der Waals surface area contributed by atoms with Crippen molar-refractivity contribution in [2.75, 3.05) is 0 Å². The number of aromatic hydroxyl groups is 1. The highest BCUT2D eigenvalue weighted by Gasteiger charge is 2.43. The molecule has 0 bridgehead atoms. The fraction of sp³-hybridized carbons (Fsp3) is 0.667. The van der Waals surface area contributed by atoms with E-state index in [0.29, 0.717) is 5.75 Å². The summed E-state index contributed by atoms with van der Waals surface area (Å²) < 4.78 is 0. The Balaban J connectivity index is 2.69. The molecule has 2 rings (SSSR count). The van der Waals surface area contributed by atoms with Crippen LogP contribution in [-0.4, -0.2) is 26.6 Å². The Bertz CT molecular complexity index is 656. The van der Waals surface area contributed by atoms with Crippen LogP contribution < -0.4 is 0 Å². The summed E-state index contributed by atoms with van der Waals surface area (Å²) in [5.74, 6) is 0.352. The predicted molar refractivity (Wildman–Crippen MR) is 104 cm³/mol. The van der Waals surface area contributed by atoms with Gasteiger partial charge in [0.05, 0.1) is 5.54 Å². The van der Waals surface area contributed by atoms with E-state index in [0.717, 1.165) is 28.8 Å². The van der Waals surface area contributed by atoms with E-state index < -0.39 is 11.7 Å². The molecule has 0 amide bonds. The molecule has 140 valence electrons. The third kappa shape index (κ3) is 3.47. The summed E-state index contributed by atoms with van der Waals surface area (Å²) in [5.41, 5.74) is 2.80. The zero-order valence-corrected chi connectivity index (χ0v) is 17.2. The number of rotatable bonds is 2. The van der Waals surface area contributed by atoms with E-state index in [1.165, 1.54) is 5.06 Å². The van der Waals surface area contributed by atoms with Crippen LogP contribution in [0, 0.1) is 0 Å². The van der Waals surface area contributed by atoms with Gasteiger partial charge in [-0.2, -0.15) is 5.06 Å². The fourth-order valence-corrected chi connectivity index (χ4v) is 3.49. The minimum absolute atomic E-state index is 0.203. The number of aliphatic imine (C=N–C) groups is 1. The Labute approximate surface area is 152 Å². The zero-order chi connectivity index (χ0) is 19.4. The first kappa shape index (κ1) is 19.9. The van der Waals surface area contributed by atoms with Gasteiger partial charge < -0.3 is 10.3 Å². The van der Waals surface area contributed by atoms with Crippen LogP contribution in [0.15, 0.2) is 17.1 Å². The van der Waals surface area contributed by atoms with Gasteiger partial charge in [0.1, 0.15) is 5.75 Å². The van der Waals surface area contributed by atoms with Gasteiger partial charge in [0.15, 0.2) is 6.17 Å². The van der Waals surface area contributed by atoms with Gasteiger partial charge >= 0.3 is 0 Å². The number of hydrogen-bond donors (Lipinski definition) is 2. The van der Waals surface area contributed by atoms with Gasteiger partial charge in [-0.15, -0.1) is 0 Å². The number of nitrogens with zero attached hydrogens (tertiary/aromatic N) is 2. The maximum absolute atomic E-state index is 10.9. The molecule has 4 heteroatoms. The lowest BCUT2D eigenvalue weighted by molar-refractivity contribution is -0.159.